The summed E-state index contributed by atoms with van der Waals surface area (Å²) >= 11 is 1.06. The number of aliphatic carboxylic acids is 1. The molecule has 1 aliphatic rings. The van der Waals surface area contributed by atoms with Gasteiger partial charge in [0.2, 0.25) is 11.8 Å². The van der Waals surface area contributed by atoms with E-state index in [4.69, 9.17) is 9.52 Å². The molecule has 0 spiro atoms. The molecule has 1 aromatic rings. The van der Waals surface area contributed by atoms with Crippen molar-refractivity contribution in [1.82, 2.24) is 10.6 Å². The van der Waals surface area contributed by atoms with Crippen LogP contribution in [0, 0.1) is 0 Å². The molecule has 122 valence electrons. The number of thioether (sulfide) groups is 1. The van der Waals surface area contributed by atoms with E-state index >= 15 is 0 Å². The number of hydrogen-bond acceptors (Lipinski definition) is 7. The number of carbonyl (C=O) groups is 3. The zero-order valence-corrected chi connectivity index (χ0v) is 12.9. The molecule has 0 aliphatic carbocycles. The summed E-state index contributed by atoms with van der Waals surface area (Å²) < 4.78 is 5.04. The maximum absolute atomic E-state index is 11.8. The molecule has 23 heavy (non-hydrogen) atoms. The van der Waals surface area contributed by atoms with Crippen LogP contribution < -0.4 is 10.6 Å². The number of amides is 2. The molecule has 0 saturated carbocycles. The molecule has 1 aliphatic heterocycles. The highest BCUT2D eigenvalue weighted by atomic mass is 32.2. The van der Waals surface area contributed by atoms with Crippen molar-refractivity contribution >= 4 is 40.9 Å². The molecule has 0 unspecified atom stereocenters. The highest BCUT2D eigenvalue weighted by Gasteiger charge is 2.32. The van der Waals surface area contributed by atoms with Crippen LogP contribution in [0.4, 0.5) is 0 Å². The molecule has 9 nitrogen and oxygen atoms in total. The van der Waals surface area contributed by atoms with Gasteiger partial charge in [-0.2, -0.15) is 5.10 Å². The molecule has 0 bridgehead atoms. The van der Waals surface area contributed by atoms with Gasteiger partial charge in [-0.1, -0.05) is 11.8 Å². The molecule has 3 N–H and O–H groups in total. The lowest BCUT2D eigenvalue weighted by atomic mass is 10.2. The van der Waals surface area contributed by atoms with Crippen LogP contribution in [0.2, 0.25) is 0 Å². The summed E-state index contributed by atoms with van der Waals surface area (Å²) in [7, 11) is 0. The third-order valence-electron chi connectivity index (χ3n) is 2.77. The Morgan fingerprint density at radius 3 is 3.04 bits per heavy atom. The summed E-state index contributed by atoms with van der Waals surface area (Å²) in [6, 6.07) is 2.39. The minimum absolute atomic E-state index is 0.144. The SMILES string of the molecule is C[C@@H](NC(=O)C[C@H]1S/C(=N\N=C/c2ccco2)NC1=O)C(=O)O. The van der Waals surface area contributed by atoms with Crippen molar-refractivity contribution in [3.63, 3.8) is 0 Å². The smallest absolute Gasteiger partial charge is 0.325 e. The molecule has 2 amide bonds. The number of rotatable bonds is 6. The minimum atomic E-state index is -1.14. The van der Waals surface area contributed by atoms with Crippen molar-refractivity contribution in [3.8, 4) is 0 Å². The van der Waals surface area contributed by atoms with E-state index in [0.29, 0.717) is 5.76 Å². The normalized spacial score (nSPS) is 20.7. The fourth-order valence-corrected chi connectivity index (χ4v) is 2.54. The molecule has 1 aromatic heterocycles. The van der Waals surface area contributed by atoms with Crippen LogP contribution in [-0.2, 0) is 14.4 Å². The highest BCUT2D eigenvalue weighted by Crippen LogP contribution is 2.22. The van der Waals surface area contributed by atoms with Gasteiger partial charge in [-0.25, -0.2) is 0 Å². The summed E-state index contributed by atoms with van der Waals surface area (Å²) in [6.45, 7) is 1.35. The average molecular weight is 338 g/mol. The number of amidine groups is 1. The maximum Gasteiger partial charge on any atom is 0.325 e. The molecule has 2 rings (SSSR count). The Morgan fingerprint density at radius 2 is 2.39 bits per heavy atom. The molecule has 1 fully saturated rings. The summed E-state index contributed by atoms with van der Waals surface area (Å²) in [5.74, 6) is -1.52. The van der Waals surface area contributed by atoms with Crippen molar-refractivity contribution in [3.05, 3.63) is 24.2 Å². The molecule has 2 heterocycles. The number of carboxylic acids is 1. The number of nitrogens with zero attached hydrogens (tertiary/aromatic N) is 2. The Kier molecular flexibility index (Phi) is 5.52. The molecular formula is C13H14N4O5S. The first kappa shape index (κ1) is 16.7. The zero-order valence-electron chi connectivity index (χ0n) is 12.1. The second-order valence-electron chi connectivity index (χ2n) is 4.59. The van der Waals surface area contributed by atoms with Crippen LogP contribution in [0.5, 0.6) is 0 Å². The Hall–Kier alpha value is -2.62. The Morgan fingerprint density at radius 1 is 1.61 bits per heavy atom. The van der Waals surface area contributed by atoms with Gasteiger partial charge in [0.05, 0.1) is 12.5 Å². The Labute approximate surface area is 135 Å². The standard InChI is InChI=1S/C13H14N4O5S/c1-7(12(20)21)15-10(18)5-9-11(19)16-13(23-9)17-14-6-8-3-2-4-22-8/h2-4,6-7,9H,5H2,1H3,(H,15,18)(H,20,21)(H,16,17,19)/b14-6-/t7-,9-/m1/s1. The van der Waals surface area contributed by atoms with Crippen molar-refractivity contribution in [2.24, 2.45) is 10.2 Å². The van der Waals surface area contributed by atoms with E-state index < -0.39 is 23.2 Å². The van der Waals surface area contributed by atoms with Crippen LogP contribution in [-0.4, -0.2) is 45.6 Å². The lowest BCUT2D eigenvalue weighted by Gasteiger charge is -2.10. The average Bonchev–Trinajstić information content (AvgIpc) is 3.09. The van der Waals surface area contributed by atoms with E-state index in [2.05, 4.69) is 20.8 Å². The van der Waals surface area contributed by atoms with Gasteiger partial charge in [-0.05, 0) is 19.1 Å². The third-order valence-corrected chi connectivity index (χ3v) is 3.84. The summed E-state index contributed by atoms with van der Waals surface area (Å²) in [6.07, 6.45) is 2.73. The summed E-state index contributed by atoms with van der Waals surface area (Å²) in [5.41, 5.74) is 0. The van der Waals surface area contributed by atoms with Crippen LogP contribution in [0.3, 0.4) is 0 Å². The van der Waals surface area contributed by atoms with Crippen molar-refractivity contribution < 1.29 is 23.9 Å². The topological polar surface area (TPSA) is 133 Å². The van der Waals surface area contributed by atoms with E-state index in [1.165, 1.54) is 19.4 Å². The third kappa shape index (κ3) is 4.95. The second kappa shape index (κ2) is 7.58. The van der Waals surface area contributed by atoms with E-state index in [-0.39, 0.29) is 17.5 Å². The van der Waals surface area contributed by atoms with Crippen molar-refractivity contribution in [2.75, 3.05) is 0 Å². The molecule has 0 radical (unpaired) electrons. The molecule has 2 atom stereocenters. The van der Waals surface area contributed by atoms with Crippen LogP contribution in [0.15, 0.2) is 33.0 Å². The first-order chi connectivity index (χ1) is 11.0. The van der Waals surface area contributed by atoms with Crippen LogP contribution in [0.1, 0.15) is 19.1 Å². The van der Waals surface area contributed by atoms with Gasteiger partial charge in [0.1, 0.15) is 17.1 Å². The number of hydrogen-bond donors (Lipinski definition) is 3. The van der Waals surface area contributed by atoms with Gasteiger partial charge in [-0.15, -0.1) is 5.10 Å². The summed E-state index contributed by atoms with van der Waals surface area (Å²) in [5, 5.41) is 20.7. The Balaban J connectivity index is 1.87. The lowest BCUT2D eigenvalue weighted by Crippen LogP contribution is -2.40. The number of nitrogens with one attached hydrogen (secondary N) is 2. The monoisotopic (exact) mass is 338 g/mol. The summed E-state index contributed by atoms with van der Waals surface area (Å²) in [4.78, 5) is 34.1. The molecule has 1 saturated heterocycles. The zero-order chi connectivity index (χ0) is 16.8. The van der Waals surface area contributed by atoms with Gasteiger partial charge >= 0.3 is 5.97 Å². The predicted molar refractivity (Wildman–Crippen MR) is 83.1 cm³/mol. The van der Waals surface area contributed by atoms with E-state index in [1.807, 2.05) is 0 Å². The molecule has 0 aromatic carbocycles. The number of carbonyl (C=O) groups excluding carboxylic acids is 2. The van der Waals surface area contributed by atoms with E-state index in [9.17, 15) is 14.4 Å². The Bertz CT molecular complexity index is 655. The highest BCUT2D eigenvalue weighted by molar-refractivity contribution is 8.15. The van der Waals surface area contributed by atoms with Crippen molar-refractivity contribution in [2.45, 2.75) is 24.6 Å². The molecular weight excluding hydrogens is 324 g/mol. The fourth-order valence-electron chi connectivity index (χ4n) is 1.62. The largest absolute Gasteiger partial charge is 0.480 e. The predicted octanol–water partition coefficient (Wildman–Crippen LogP) is 0.180. The molecule has 10 heteroatoms. The lowest BCUT2D eigenvalue weighted by molar-refractivity contribution is -0.141. The van der Waals surface area contributed by atoms with Gasteiger partial charge in [0.15, 0.2) is 5.17 Å². The van der Waals surface area contributed by atoms with E-state index in [1.54, 1.807) is 12.1 Å². The second-order valence-corrected chi connectivity index (χ2v) is 5.78. The van der Waals surface area contributed by atoms with Gasteiger partial charge < -0.3 is 20.2 Å². The first-order valence-corrected chi connectivity index (χ1v) is 7.48. The van der Waals surface area contributed by atoms with E-state index in [0.717, 1.165) is 11.8 Å². The van der Waals surface area contributed by atoms with Gasteiger partial charge in [0, 0.05) is 6.42 Å². The van der Waals surface area contributed by atoms with Crippen LogP contribution >= 0.6 is 11.8 Å². The maximum atomic E-state index is 11.8. The minimum Gasteiger partial charge on any atom is -0.480 e. The first-order valence-electron chi connectivity index (χ1n) is 6.60. The quantitative estimate of drug-likeness (QED) is 0.500. The number of furan rings is 1. The van der Waals surface area contributed by atoms with Crippen molar-refractivity contribution in [1.29, 1.82) is 0 Å². The number of carboxylic acid groups (broad SMARTS) is 1. The van der Waals surface area contributed by atoms with Crippen LogP contribution in [0.25, 0.3) is 0 Å². The fraction of sp³-hybridized carbons (Fsp3) is 0.308. The van der Waals surface area contributed by atoms with Gasteiger partial charge in [0.25, 0.3) is 0 Å². The van der Waals surface area contributed by atoms with Gasteiger partial charge in [-0.3, -0.25) is 14.4 Å².